The van der Waals surface area contributed by atoms with Gasteiger partial charge in [0.1, 0.15) is 4.32 Å². The fourth-order valence-corrected chi connectivity index (χ4v) is 4.64. The van der Waals surface area contributed by atoms with Gasteiger partial charge in [-0.2, -0.15) is 0 Å². The molecule has 24 heavy (non-hydrogen) atoms. The summed E-state index contributed by atoms with van der Waals surface area (Å²) in [5.74, 6) is 0.981. The van der Waals surface area contributed by atoms with E-state index >= 15 is 0 Å². The van der Waals surface area contributed by atoms with Crippen molar-refractivity contribution in [3.05, 3.63) is 35.9 Å². The summed E-state index contributed by atoms with van der Waals surface area (Å²) in [6, 6.07) is 10.6. The van der Waals surface area contributed by atoms with Crippen LogP contribution in [0, 0.1) is 0 Å². The Morgan fingerprint density at radius 2 is 1.46 bits per heavy atom. The van der Waals surface area contributed by atoms with E-state index in [4.69, 9.17) is 12.2 Å². The highest BCUT2D eigenvalue weighted by Gasteiger charge is 2.20. The van der Waals surface area contributed by atoms with E-state index in [1.54, 1.807) is 11.8 Å². The second kappa shape index (κ2) is 9.76. The molecule has 3 rings (SSSR count). The molecule has 0 N–H and O–H groups in total. The maximum atomic E-state index is 5.64. The number of hydrogen-bond donors (Lipinski definition) is 0. The van der Waals surface area contributed by atoms with E-state index < -0.39 is 0 Å². The minimum Gasteiger partial charge on any atom is -0.355 e. The molecule has 3 nitrogen and oxygen atoms in total. The van der Waals surface area contributed by atoms with Gasteiger partial charge in [0.05, 0.1) is 0 Å². The molecular formula is C19H29N3S2. The second-order valence-electron chi connectivity index (χ2n) is 6.77. The lowest BCUT2D eigenvalue weighted by Gasteiger charge is -2.37. The van der Waals surface area contributed by atoms with E-state index in [1.807, 2.05) is 0 Å². The van der Waals surface area contributed by atoms with Crippen molar-refractivity contribution in [2.45, 2.75) is 25.0 Å². The Hall–Kier alpha value is -0.620. The van der Waals surface area contributed by atoms with Gasteiger partial charge < -0.3 is 9.80 Å². The van der Waals surface area contributed by atoms with Gasteiger partial charge in [0, 0.05) is 45.0 Å². The molecule has 2 aliphatic rings. The molecule has 0 spiro atoms. The topological polar surface area (TPSA) is 9.72 Å². The van der Waals surface area contributed by atoms with E-state index in [0.717, 1.165) is 36.3 Å². The summed E-state index contributed by atoms with van der Waals surface area (Å²) in [5.41, 5.74) is 1.35. The Kier molecular flexibility index (Phi) is 7.39. The normalized spacial score (nSPS) is 20.2. The fraction of sp³-hybridized carbons (Fsp3) is 0.632. The summed E-state index contributed by atoms with van der Waals surface area (Å²) in [6.45, 7) is 9.55. The number of piperidine rings is 1. The summed E-state index contributed by atoms with van der Waals surface area (Å²) >= 11 is 7.44. The Morgan fingerprint density at radius 3 is 2.12 bits per heavy atom. The Morgan fingerprint density at radius 1 is 0.833 bits per heavy atom. The van der Waals surface area contributed by atoms with Crippen molar-refractivity contribution >= 4 is 28.3 Å². The van der Waals surface area contributed by atoms with Gasteiger partial charge in [-0.1, -0.05) is 60.7 Å². The Labute approximate surface area is 156 Å². The predicted molar refractivity (Wildman–Crippen MR) is 109 cm³/mol. The van der Waals surface area contributed by atoms with E-state index in [1.165, 1.54) is 51.0 Å². The molecule has 0 bridgehead atoms. The molecule has 0 aromatic heterocycles. The molecule has 2 saturated heterocycles. The molecular weight excluding hydrogens is 334 g/mol. The zero-order chi connectivity index (χ0) is 16.6. The van der Waals surface area contributed by atoms with E-state index in [2.05, 4.69) is 45.0 Å². The first kappa shape index (κ1) is 18.2. The smallest absolute Gasteiger partial charge is 0.136 e. The summed E-state index contributed by atoms with van der Waals surface area (Å²) in [7, 11) is 0. The number of thioether (sulfide) groups is 1. The third kappa shape index (κ3) is 5.73. The standard InChI is InChI=1S/C19H29N3S2/c23-19(24-17-18-7-3-1-4-8-18)22-15-13-21(14-16-22)12-11-20-9-5-2-6-10-20/h1,3-4,7-8H,2,5-6,9-17H2. The Balaban J connectivity index is 1.33. The van der Waals surface area contributed by atoms with Gasteiger partial charge >= 0.3 is 0 Å². The van der Waals surface area contributed by atoms with Crippen molar-refractivity contribution in [2.24, 2.45) is 0 Å². The number of hydrogen-bond acceptors (Lipinski definition) is 4. The van der Waals surface area contributed by atoms with E-state index in [0.29, 0.717) is 0 Å². The van der Waals surface area contributed by atoms with Crippen molar-refractivity contribution in [3.63, 3.8) is 0 Å². The molecule has 0 saturated carbocycles. The maximum absolute atomic E-state index is 5.64. The molecule has 0 atom stereocenters. The molecule has 0 aliphatic carbocycles. The van der Waals surface area contributed by atoms with Crippen LogP contribution in [-0.2, 0) is 5.75 Å². The molecule has 2 aliphatic heterocycles. The van der Waals surface area contributed by atoms with Crippen molar-refractivity contribution in [2.75, 3.05) is 52.4 Å². The van der Waals surface area contributed by atoms with Crippen LogP contribution in [0.25, 0.3) is 0 Å². The van der Waals surface area contributed by atoms with Crippen LogP contribution in [0.15, 0.2) is 30.3 Å². The highest BCUT2D eigenvalue weighted by atomic mass is 32.2. The van der Waals surface area contributed by atoms with Gasteiger partial charge in [-0.25, -0.2) is 0 Å². The Bertz CT molecular complexity index is 495. The lowest BCUT2D eigenvalue weighted by molar-refractivity contribution is 0.147. The predicted octanol–water partition coefficient (Wildman–Crippen LogP) is 3.31. The van der Waals surface area contributed by atoms with Crippen molar-refractivity contribution < 1.29 is 0 Å². The lowest BCUT2D eigenvalue weighted by atomic mass is 10.1. The lowest BCUT2D eigenvalue weighted by Crippen LogP contribution is -2.49. The molecule has 132 valence electrons. The minimum absolute atomic E-state index is 0.981. The average Bonchev–Trinajstić information content (AvgIpc) is 2.66. The van der Waals surface area contributed by atoms with Crippen LogP contribution in [0.1, 0.15) is 24.8 Å². The largest absolute Gasteiger partial charge is 0.355 e. The quantitative estimate of drug-likeness (QED) is 0.740. The molecule has 0 unspecified atom stereocenters. The van der Waals surface area contributed by atoms with Gasteiger partial charge in [0.15, 0.2) is 0 Å². The van der Waals surface area contributed by atoms with Gasteiger partial charge in [0.2, 0.25) is 0 Å². The number of nitrogens with zero attached hydrogens (tertiary/aromatic N) is 3. The molecule has 2 fully saturated rings. The average molecular weight is 364 g/mol. The SMILES string of the molecule is S=C(SCc1ccccc1)N1CCN(CCN2CCCCC2)CC1. The van der Waals surface area contributed by atoms with Crippen molar-refractivity contribution in [3.8, 4) is 0 Å². The van der Waals surface area contributed by atoms with Gasteiger partial charge in [0.25, 0.3) is 0 Å². The summed E-state index contributed by atoms with van der Waals surface area (Å²) in [5, 5.41) is 0. The molecule has 1 aromatic rings. The second-order valence-corrected chi connectivity index (χ2v) is 8.38. The van der Waals surface area contributed by atoms with Crippen LogP contribution in [0.5, 0.6) is 0 Å². The monoisotopic (exact) mass is 363 g/mol. The summed E-state index contributed by atoms with van der Waals surface area (Å²) < 4.78 is 1.06. The van der Waals surface area contributed by atoms with Crippen molar-refractivity contribution in [1.82, 2.24) is 14.7 Å². The minimum atomic E-state index is 0.981. The van der Waals surface area contributed by atoms with Crippen LogP contribution in [0.3, 0.4) is 0 Å². The maximum Gasteiger partial charge on any atom is 0.136 e. The fourth-order valence-electron chi connectivity index (χ4n) is 3.43. The number of thiocarbonyl (C=S) groups is 1. The number of piperazine rings is 1. The molecule has 2 heterocycles. The number of likely N-dealkylation sites (tertiary alicyclic amines) is 1. The molecule has 0 amide bonds. The van der Waals surface area contributed by atoms with Gasteiger partial charge in [-0.05, 0) is 31.5 Å². The first-order valence-corrected chi connectivity index (χ1v) is 10.6. The van der Waals surface area contributed by atoms with Crippen LogP contribution < -0.4 is 0 Å². The third-order valence-corrected chi connectivity index (χ3v) is 6.61. The summed E-state index contributed by atoms with van der Waals surface area (Å²) in [6.07, 6.45) is 4.20. The summed E-state index contributed by atoms with van der Waals surface area (Å²) in [4.78, 5) is 7.63. The first-order chi connectivity index (χ1) is 11.8. The molecule has 5 heteroatoms. The highest BCUT2D eigenvalue weighted by Crippen LogP contribution is 2.18. The highest BCUT2D eigenvalue weighted by molar-refractivity contribution is 8.22. The van der Waals surface area contributed by atoms with Gasteiger partial charge in [-0.3, -0.25) is 4.90 Å². The number of rotatable bonds is 5. The van der Waals surface area contributed by atoms with Crippen LogP contribution >= 0.6 is 24.0 Å². The van der Waals surface area contributed by atoms with E-state index in [9.17, 15) is 0 Å². The molecule has 0 radical (unpaired) electrons. The van der Waals surface area contributed by atoms with Crippen LogP contribution in [0.2, 0.25) is 0 Å². The van der Waals surface area contributed by atoms with Crippen LogP contribution in [-0.4, -0.2) is 71.4 Å². The van der Waals surface area contributed by atoms with Gasteiger partial charge in [-0.15, -0.1) is 0 Å². The third-order valence-electron chi connectivity index (χ3n) is 5.02. The molecule has 1 aromatic carbocycles. The van der Waals surface area contributed by atoms with Crippen molar-refractivity contribution in [1.29, 1.82) is 0 Å². The number of benzene rings is 1. The zero-order valence-electron chi connectivity index (χ0n) is 14.5. The zero-order valence-corrected chi connectivity index (χ0v) is 16.2. The van der Waals surface area contributed by atoms with Crippen LogP contribution in [0.4, 0.5) is 0 Å². The van der Waals surface area contributed by atoms with E-state index in [-0.39, 0.29) is 0 Å². The first-order valence-electron chi connectivity index (χ1n) is 9.21.